The van der Waals surface area contributed by atoms with E-state index in [0.717, 1.165) is 32.4 Å². The van der Waals surface area contributed by atoms with Crippen molar-refractivity contribution in [3.63, 3.8) is 0 Å². The Bertz CT molecular complexity index is 341. The van der Waals surface area contributed by atoms with Crippen molar-refractivity contribution in [1.29, 1.82) is 0 Å². The van der Waals surface area contributed by atoms with Crippen LogP contribution in [0.1, 0.15) is 33.1 Å². The van der Waals surface area contributed by atoms with Gasteiger partial charge in [-0.3, -0.25) is 9.69 Å². The molecule has 1 amide bonds. The van der Waals surface area contributed by atoms with Crippen molar-refractivity contribution in [2.75, 3.05) is 33.4 Å². The van der Waals surface area contributed by atoms with Crippen molar-refractivity contribution in [2.24, 2.45) is 11.8 Å². The van der Waals surface area contributed by atoms with Gasteiger partial charge in [0.2, 0.25) is 5.91 Å². The van der Waals surface area contributed by atoms with E-state index in [0.29, 0.717) is 12.5 Å². The number of hydrogen-bond acceptors (Lipinski definition) is 5. The summed E-state index contributed by atoms with van der Waals surface area (Å²) in [7, 11) is 1.34. The van der Waals surface area contributed by atoms with Gasteiger partial charge in [-0.15, -0.1) is 0 Å². The number of ether oxygens (including phenoxy) is 1. The fourth-order valence-electron chi connectivity index (χ4n) is 2.55. The smallest absolute Gasteiger partial charge is 0.328 e. The van der Waals surface area contributed by atoms with Crippen LogP contribution >= 0.6 is 0 Å². The molecule has 6 heteroatoms. The van der Waals surface area contributed by atoms with Gasteiger partial charge in [0.25, 0.3) is 0 Å². The van der Waals surface area contributed by atoms with E-state index in [2.05, 4.69) is 10.2 Å². The highest BCUT2D eigenvalue weighted by atomic mass is 16.5. The zero-order chi connectivity index (χ0) is 15.8. The maximum Gasteiger partial charge on any atom is 0.328 e. The molecule has 0 aromatic rings. The van der Waals surface area contributed by atoms with Crippen LogP contribution in [0.25, 0.3) is 0 Å². The summed E-state index contributed by atoms with van der Waals surface area (Å²) in [5.74, 6) is -0.140. The molecular weight excluding hydrogens is 272 g/mol. The summed E-state index contributed by atoms with van der Waals surface area (Å²) in [5.41, 5.74) is 0. The molecule has 1 rings (SSSR count). The molecule has 1 saturated heterocycles. The van der Waals surface area contributed by atoms with E-state index in [1.165, 1.54) is 7.11 Å². The first-order chi connectivity index (χ1) is 10.0. The number of aliphatic hydroxyl groups is 1. The van der Waals surface area contributed by atoms with Crippen LogP contribution in [-0.4, -0.2) is 61.3 Å². The van der Waals surface area contributed by atoms with Gasteiger partial charge in [0.1, 0.15) is 6.04 Å². The van der Waals surface area contributed by atoms with E-state index in [4.69, 9.17) is 9.84 Å². The van der Waals surface area contributed by atoms with Gasteiger partial charge in [-0.1, -0.05) is 20.3 Å². The van der Waals surface area contributed by atoms with E-state index in [1.807, 2.05) is 13.8 Å². The van der Waals surface area contributed by atoms with Crippen LogP contribution in [0, 0.1) is 11.8 Å². The summed E-state index contributed by atoms with van der Waals surface area (Å²) in [6.07, 6.45) is 2.62. The Hall–Kier alpha value is -1.14. The Morgan fingerprint density at radius 1 is 1.38 bits per heavy atom. The Kier molecular flexibility index (Phi) is 7.67. The van der Waals surface area contributed by atoms with Crippen molar-refractivity contribution < 1.29 is 19.4 Å². The molecule has 0 aromatic carbocycles. The molecule has 2 atom stereocenters. The number of rotatable bonds is 7. The van der Waals surface area contributed by atoms with Gasteiger partial charge in [0.05, 0.1) is 13.7 Å². The molecule has 0 radical (unpaired) electrons. The number of carbonyl (C=O) groups excluding carboxylic acids is 2. The molecule has 0 unspecified atom stereocenters. The highest BCUT2D eigenvalue weighted by Crippen LogP contribution is 2.16. The summed E-state index contributed by atoms with van der Waals surface area (Å²) < 4.78 is 4.76. The standard InChI is InChI=1S/C15H28N2O4/c1-4-11(2)14(15(20)21-3)16-13(19)9-17-7-5-12(10-18)6-8-17/h11-12,14,18H,4-10H2,1-3H3,(H,16,19)/t11-,14-/m0/s1. The second-order valence-corrected chi connectivity index (χ2v) is 5.86. The van der Waals surface area contributed by atoms with Crippen molar-refractivity contribution in [3.05, 3.63) is 0 Å². The number of carbonyl (C=O) groups is 2. The third-order valence-electron chi connectivity index (χ3n) is 4.32. The third kappa shape index (κ3) is 5.63. The molecule has 1 heterocycles. The average Bonchev–Trinajstić information content (AvgIpc) is 2.51. The zero-order valence-corrected chi connectivity index (χ0v) is 13.3. The molecule has 0 bridgehead atoms. The summed E-state index contributed by atoms with van der Waals surface area (Å²) in [6, 6.07) is -0.581. The van der Waals surface area contributed by atoms with Crippen molar-refractivity contribution in [2.45, 2.75) is 39.2 Å². The van der Waals surface area contributed by atoms with Crippen LogP contribution in [0.3, 0.4) is 0 Å². The fourth-order valence-corrected chi connectivity index (χ4v) is 2.55. The lowest BCUT2D eigenvalue weighted by Crippen LogP contribution is -2.50. The Morgan fingerprint density at radius 3 is 2.48 bits per heavy atom. The molecule has 122 valence electrons. The second-order valence-electron chi connectivity index (χ2n) is 5.86. The monoisotopic (exact) mass is 300 g/mol. The third-order valence-corrected chi connectivity index (χ3v) is 4.32. The Balaban J connectivity index is 2.45. The van der Waals surface area contributed by atoms with Crippen molar-refractivity contribution >= 4 is 11.9 Å². The molecule has 1 aliphatic rings. The van der Waals surface area contributed by atoms with Gasteiger partial charge in [0.15, 0.2) is 0 Å². The normalized spacial score (nSPS) is 19.8. The number of nitrogens with one attached hydrogen (secondary N) is 1. The van der Waals surface area contributed by atoms with Gasteiger partial charge in [-0.2, -0.15) is 0 Å². The lowest BCUT2D eigenvalue weighted by molar-refractivity contribution is -0.146. The van der Waals surface area contributed by atoms with Crippen molar-refractivity contribution in [1.82, 2.24) is 10.2 Å². The van der Waals surface area contributed by atoms with Crippen molar-refractivity contribution in [3.8, 4) is 0 Å². The first kappa shape index (κ1) is 17.9. The van der Waals surface area contributed by atoms with Crippen LogP contribution in [0.5, 0.6) is 0 Å². The number of nitrogens with zero attached hydrogens (tertiary/aromatic N) is 1. The lowest BCUT2D eigenvalue weighted by Gasteiger charge is -2.31. The van der Waals surface area contributed by atoms with E-state index >= 15 is 0 Å². The SMILES string of the molecule is CC[C@H](C)[C@H](NC(=O)CN1CCC(CO)CC1)C(=O)OC. The maximum atomic E-state index is 12.1. The molecular formula is C15H28N2O4. The molecule has 0 saturated carbocycles. The molecule has 0 aromatic heterocycles. The molecule has 21 heavy (non-hydrogen) atoms. The summed E-state index contributed by atoms with van der Waals surface area (Å²) >= 11 is 0. The molecule has 6 nitrogen and oxygen atoms in total. The van der Waals surface area contributed by atoms with Gasteiger partial charge >= 0.3 is 5.97 Å². The topological polar surface area (TPSA) is 78.9 Å². The lowest BCUT2D eigenvalue weighted by atomic mass is 9.97. The van der Waals surface area contributed by atoms with E-state index in [-0.39, 0.29) is 18.4 Å². The minimum Gasteiger partial charge on any atom is -0.467 e. The highest BCUT2D eigenvalue weighted by Gasteiger charge is 2.28. The van der Waals surface area contributed by atoms with Crippen LogP contribution < -0.4 is 5.32 Å². The van der Waals surface area contributed by atoms with Crippen LogP contribution in [0.2, 0.25) is 0 Å². The fraction of sp³-hybridized carbons (Fsp3) is 0.867. The second kappa shape index (κ2) is 9.00. The average molecular weight is 300 g/mol. The van der Waals surface area contributed by atoms with Gasteiger partial charge < -0.3 is 15.2 Å². The van der Waals surface area contributed by atoms with E-state index in [9.17, 15) is 9.59 Å². The van der Waals surface area contributed by atoms with E-state index in [1.54, 1.807) is 0 Å². The minimum absolute atomic E-state index is 0.0431. The van der Waals surface area contributed by atoms with E-state index < -0.39 is 12.0 Å². The molecule has 1 aliphatic heterocycles. The predicted molar refractivity (Wildman–Crippen MR) is 79.7 cm³/mol. The van der Waals surface area contributed by atoms with Crippen LogP contribution in [0.4, 0.5) is 0 Å². The number of aliphatic hydroxyl groups excluding tert-OH is 1. The quantitative estimate of drug-likeness (QED) is 0.665. The molecule has 2 N–H and O–H groups in total. The minimum atomic E-state index is -0.581. The zero-order valence-electron chi connectivity index (χ0n) is 13.3. The molecule has 1 fully saturated rings. The number of hydrogen-bond donors (Lipinski definition) is 2. The molecule has 0 aliphatic carbocycles. The number of esters is 1. The summed E-state index contributed by atoms with van der Waals surface area (Å²) in [6.45, 7) is 6.04. The number of likely N-dealkylation sites (tertiary alicyclic amines) is 1. The Labute approximate surface area is 126 Å². The first-order valence-corrected chi connectivity index (χ1v) is 7.72. The molecule has 0 spiro atoms. The summed E-state index contributed by atoms with van der Waals surface area (Å²) in [5, 5.41) is 11.9. The Morgan fingerprint density at radius 2 is 2.00 bits per heavy atom. The van der Waals surface area contributed by atoms with Crippen LogP contribution in [0.15, 0.2) is 0 Å². The highest BCUT2D eigenvalue weighted by molar-refractivity contribution is 5.85. The predicted octanol–water partition coefficient (Wildman–Crippen LogP) is 0.395. The number of amides is 1. The summed E-state index contributed by atoms with van der Waals surface area (Å²) in [4.78, 5) is 25.9. The largest absolute Gasteiger partial charge is 0.467 e. The van der Waals surface area contributed by atoms with Gasteiger partial charge in [0, 0.05) is 6.61 Å². The number of methoxy groups -OCH3 is 1. The van der Waals surface area contributed by atoms with Gasteiger partial charge in [-0.25, -0.2) is 4.79 Å². The first-order valence-electron chi connectivity index (χ1n) is 7.72. The number of piperidine rings is 1. The van der Waals surface area contributed by atoms with Gasteiger partial charge in [-0.05, 0) is 37.8 Å². The van der Waals surface area contributed by atoms with Crippen LogP contribution in [-0.2, 0) is 14.3 Å². The maximum absolute atomic E-state index is 12.1.